The van der Waals surface area contributed by atoms with Crippen LogP contribution < -0.4 is 16.4 Å². The SMILES string of the molecule is CC(C)CCNC(N)=NCC(=O)Nc1ccc(F)cc1. The monoisotopic (exact) mass is 280 g/mol. The fourth-order valence-corrected chi connectivity index (χ4v) is 1.44. The average Bonchev–Trinajstić information content (AvgIpc) is 2.39. The van der Waals surface area contributed by atoms with Crippen LogP contribution in [0, 0.1) is 11.7 Å². The smallest absolute Gasteiger partial charge is 0.246 e. The van der Waals surface area contributed by atoms with Gasteiger partial charge in [0.25, 0.3) is 0 Å². The van der Waals surface area contributed by atoms with Crippen molar-refractivity contribution in [1.82, 2.24) is 5.32 Å². The second-order valence-corrected chi connectivity index (χ2v) is 4.87. The summed E-state index contributed by atoms with van der Waals surface area (Å²) in [5, 5.41) is 5.54. The zero-order chi connectivity index (χ0) is 15.0. The Morgan fingerprint density at radius 3 is 2.60 bits per heavy atom. The van der Waals surface area contributed by atoms with E-state index in [4.69, 9.17) is 5.73 Å². The molecule has 0 aliphatic rings. The first-order chi connectivity index (χ1) is 9.47. The molecule has 0 fully saturated rings. The quantitative estimate of drug-likeness (QED) is 0.548. The van der Waals surface area contributed by atoms with Crippen LogP contribution in [0.1, 0.15) is 20.3 Å². The maximum Gasteiger partial charge on any atom is 0.246 e. The molecule has 0 spiro atoms. The predicted molar refractivity (Wildman–Crippen MR) is 79.0 cm³/mol. The number of benzene rings is 1. The topological polar surface area (TPSA) is 79.5 Å². The highest BCUT2D eigenvalue weighted by molar-refractivity contribution is 5.93. The van der Waals surface area contributed by atoms with E-state index < -0.39 is 0 Å². The molecule has 0 atom stereocenters. The number of aliphatic imine (C=N–C) groups is 1. The van der Waals surface area contributed by atoms with E-state index >= 15 is 0 Å². The summed E-state index contributed by atoms with van der Waals surface area (Å²) in [5.74, 6) is 0.182. The third-order valence-electron chi connectivity index (χ3n) is 2.55. The van der Waals surface area contributed by atoms with Crippen LogP contribution in [0.2, 0.25) is 0 Å². The van der Waals surface area contributed by atoms with Crippen LogP contribution in [-0.2, 0) is 4.79 Å². The molecule has 5 nitrogen and oxygen atoms in total. The van der Waals surface area contributed by atoms with Gasteiger partial charge in [-0.1, -0.05) is 13.8 Å². The average molecular weight is 280 g/mol. The zero-order valence-corrected chi connectivity index (χ0v) is 11.8. The van der Waals surface area contributed by atoms with Gasteiger partial charge in [0.1, 0.15) is 12.4 Å². The minimum absolute atomic E-state index is 0.0715. The van der Waals surface area contributed by atoms with Crippen molar-refractivity contribution in [2.24, 2.45) is 16.6 Å². The molecule has 6 heteroatoms. The maximum absolute atomic E-state index is 12.7. The molecule has 0 radical (unpaired) electrons. The van der Waals surface area contributed by atoms with Crippen LogP contribution in [0.15, 0.2) is 29.3 Å². The van der Waals surface area contributed by atoms with Gasteiger partial charge >= 0.3 is 0 Å². The molecule has 0 aliphatic heterocycles. The number of carbonyl (C=O) groups excluding carboxylic acids is 1. The zero-order valence-electron chi connectivity index (χ0n) is 11.8. The lowest BCUT2D eigenvalue weighted by atomic mass is 10.1. The Kier molecular flexibility index (Phi) is 6.49. The van der Waals surface area contributed by atoms with Gasteiger partial charge in [-0.15, -0.1) is 0 Å². The number of nitrogens with two attached hydrogens (primary N) is 1. The van der Waals surface area contributed by atoms with Gasteiger partial charge in [-0.05, 0) is 36.6 Å². The molecule has 1 amide bonds. The summed E-state index contributed by atoms with van der Waals surface area (Å²) in [7, 11) is 0. The van der Waals surface area contributed by atoms with Crippen molar-refractivity contribution in [2.45, 2.75) is 20.3 Å². The molecule has 0 saturated carbocycles. The number of anilines is 1. The van der Waals surface area contributed by atoms with Crippen LogP contribution in [0.4, 0.5) is 10.1 Å². The summed E-state index contributed by atoms with van der Waals surface area (Å²) in [6.45, 7) is 4.89. The number of hydrogen-bond donors (Lipinski definition) is 3. The summed E-state index contributed by atoms with van der Waals surface area (Å²) < 4.78 is 12.7. The summed E-state index contributed by atoms with van der Waals surface area (Å²) in [4.78, 5) is 15.5. The number of halogens is 1. The van der Waals surface area contributed by atoms with Gasteiger partial charge in [-0.25, -0.2) is 9.38 Å². The van der Waals surface area contributed by atoms with E-state index in [1.54, 1.807) is 0 Å². The van der Waals surface area contributed by atoms with Crippen molar-refractivity contribution < 1.29 is 9.18 Å². The van der Waals surface area contributed by atoms with Gasteiger partial charge < -0.3 is 16.4 Å². The van der Waals surface area contributed by atoms with E-state index in [1.165, 1.54) is 24.3 Å². The highest BCUT2D eigenvalue weighted by atomic mass is 19.1. The van der Waals surface area contributed by atoms with Crippen LogP contribution in [0.3, 0.4) is 0 Å². The van der Waals surface area contributed by atoms with E-state index in [-0.39, 0.29) is 24.2 Å². The van der Waals surface area contributed by atoms with Crippen LogP contribution in [-0.4, -0.2) is 25.0 Å². The number of carbonyl (C=O) groups is 1. The summed E-state index contributed by atoms with van der Waals surface area (Å²) in [5.41, 5.74) is 6.16. The highest BCUT2D eigenvalue weighted by Crippen LogP contribution is 2.07. The number of nitrogens with one attached hydrogen (secondary N) is 2. The lowest BCUT2D eigenvalue weighted by Gasteiger charge is -2.07. The molecule has 4 N–H and O–H groups in total. The summed E-state index contributed by atoms with van der Waals surface area (Å²) in [6.07, 6.45) is 0.984. The van der Waals surface area contributed by atoms with Gasteiger partial charge in [-0.3, -0.25) is 4.79 Å². The lowest BCUT2D eigenvalue weighted by molar-refractivity contribution is -0.114. The van der Waals surface area contributed by atoms with Crippen molar-refractivity contribution >= 4 is 17.6 Å². The van der Waals surface area contributed by atoms with E-state index in [9.17, 15) is 9.18 Å². The Morgan fingerprint density at radius 1 is 1.35 bits per heavy atom. The van der Waals surface area contributed by atoms with Crippen LogP contribution in [0.5, 0.6) is 0 Å². The molecule has 0 saturated heterocycles. The Morgan fingerprint density at radius 2 is 2.00 bits per heavy atom. The summed E-state index contributed by atoms with van der Waals surface area (Å²) in [6, 6.07) is 5.53. The molecule has 20 heavy (non-hydrogen) atoms. The van der Waals surface area contributed by atoms with Crippen molar-refractivity contribution in [3.63, 3.8) is 0 Å². The highest BCUT2D eigenvalue weighted by Gasteiger charge is 2.02. The number of hydrogen-bond acceptors (Lipinski definition) is 2. The molecular formula is C14H21FN4O. The Labute approximate surface area is 118 Å². The molecule has 0 heterocycles. The first kappa shape index (κ1) is 15.9. The predicted octanol–water partition coefficient (Wildman–Crippen LogP) is 1.71. The second kappa shape index (κ2) is 8.14. The number of guanidine groups is 1. The fraction of sp³-hybridized carbons (Fsp3) is 0.429. The minimum Gasteiger partial charge on any atom is -0.370 e. The summed E-state index contributed by atoms with van der Waals surface area (Å²) >= 11 is 0. The number of rotatable bonds is 6. The molecule has 1 aromatic rings. The Balaban J connectivity index is 2.33. The third-order valence-corrected chi connectivity index (χ3v) is 2.55. The fourth-order valence-electron chi connectivity index (χ4n) is 1.44. The molecule has 0 unspecified atom stereocenters. The third kappa shape index (κ3) is 6.72. The Hall–Kier alpha value is -2.11. The van der Waals surface area contributed by atoms with Crippen molar-refractivity contribution in [2.75, 3.05) is 18.4 Å². The van der Waals surface area contributed by atoms with Gasteiger partial charge in [0, 0.05) is 12.2 Å². The van der Waals surface area contributed by atoms with E-state index in [2.05, 4.69) is 29.5 Å². The van der Waals surface area contributed by atoms with E-state index in [0.717, 1.165) is 13.0 Å². The molecule has 110 valence electrons. The van der Waals surface area contributed by atoms with E-state index in [0.29, 0.717) is 11.6 Å². The van der Waals surface area contributed by atoms with Crippen LogP contribution >= 0.6 is 0 Å². The van der Waals surface area contributed by atoms with Crippen molar-refractivity contribution in [3.05, 3.63) is 30.1 Å². The normalized spacial score (nSPS) is 11.5. The minimum atomic E-state index is -0.348. The van der Waals surface area contributed by atoms with Crippen molar-refractivity contribution in [1.29, 1.82) is 0 Å². The first-order valence-corrected chi connectivity index (χ1v) is 6.56. The van der Waals surface area contributed by atoms with Gasteiger partial charge in [0.2, 0.25) is 5.91 Å². The second-order valence-electron chi connectivity index (χ2n) is 4.87. The first-order valence-electron chi connectivity index (χ1n) is 6.56. The molecule has 0 bridgehead atoms. The largest absolute Gasteiger partial charge is 0.370 e. The van der Waals surface area contributed by atoms with Gasteiger partial charge in [0.05, 0.1) is 0 Å². The van der Waals surface area contributed by atoms with Gasteiger partial charge in [-0.2, -0.15) is 0 Å². The number of amides is 1. The van der Waals surface area contributed by atoms with E-state index in [1.807, 2.05) is 0 Å². The van der Waals surface area contributed by atoms with Crippen molar-refractivity contribution in [3.8, 4) is 0 Å². The molecule has 0 aliphatic carbocycles. The molecular weight excluding hydrogens is 259 g/mol. The standard InChI is InChI=1S/C14H21FN4O/c1-10(2)7-8-17-14(16)18-9-13(20)19-12-5-3-11(15)4-6-12/h3-6,10H,7-9H2,1-2H3,(H,19,20)(H3,16,17,18). The Bertz CT molecular complexity index is 457. The molecule has 1 aromatic carbocycles. The van der Waals surface area contributed by atoms with Gasteiger partial charge in [0.15, 0.2) is 5.96 Å². The van der Waals surface area contributed by atoms with Crippen LogP contribution in [0.25, 0.3) is 0 Å². The maximum atomic E-state index is 12.7. The number of nitrogens with zero attached hydrogens (tertiary/aromatic N) is 1. The molecule has 1 rings (SSSR count). The molecule has 0 aromatic heterocycles. The lowest BCUT2D eigenvalue weighted by Crippen LogP contribution is -2.34.